The van der Waals surface area contributed by atoms with Gasteiger partial charge >= 0.3 is 5.63 Å². The molecular weight excluding hydrogens is 384 g/mol. The van der Waals surface area contributed by atoms with Crippen LogP contribution in [0.5, 0.6) is 0 Å². The van der Waals surface area contributed by atoms with E-state index in [4.69, 9.17) is 16.0 Å². The molecule has 4 rings (SSSR count). The number of fused-ring (bicyclic) bond motifs is 1. The van der Waals surface area contributed by atoms with E-state index in [1.54, 1.807) is 12.1 Å². The highest BCUT2D eigenvalue weighted by atomic mass is 35.5. The van der Waals surface area contributed by atoms with Gasteiger partial charge in [0, 0.05) is 42.2 Å². The van der Waals surface area contributed by atoms with Gasteiger partial charge in [-0.3, -0.25) is 0 Å². The van der Waals surface area contributed by atoms with Crippen LogP contribution in [0.15, 0.2) is 69.9 Å². The second-order valence-corrected chi connectivity index (χ2v) is 7.92. The predicted octanol–water partition coefficient (Wildman–Crippen LogP) is 5.43. The van der Waals surface area contributed by atoms with Gasteiger partial charge in [-0.2, -0.15) is 0 Å². The van der Waals surface area contributed by atoms with Gasteiger partial charge in [0.05, 0.1) is 5.69 Å². The quantitative estimate of drug-likeness (QED) is 0.552. The van der Waals surface area contributed by atoms with Gasteiger partial charge in [-0.1, -0.05) is 54.1 Å². The third-order valence-corrected chi connectivity index (χ3v) is 5.61. The van der Waals surface area contributed by atoms with Crippen LogP contribution in [0.1, 0.15) is 24.8 Å². The zero-order chi connectivity index (χ0) is 20.1. The molecule has 0 unspecified atom stereocenters. The fourth-order valence-corrected chi connectivity index (χ4v) is 3.99. The molecule has 0 amide bonds. The number of piperidine rings is 1. The van der Waals surface area contributed by atoms with Crippen LogP contribution in [0.25, 0.3) is 17.0 Å². The van der Waals surface area contributed by atoms with Crippen molar-refractivity contribution < 1.29 is 4.42 Å². The Hall–Kier alpha value is -2.56. The maximum Gasteiger partial charge on any atom is 0.338 e. The Morgan fingerprint density at radius 1 is 1.10 bits per heavy atom. The van der Waals surface area contributed by atoms with Crippen LogP contribution < -0.4 is 10.9 Å². The molecule has 29 heavy (non-hydrogen) atoms. The number of rotatable bonds is 6. The Balaban J connectivity index is 1.30. The molecule has 2 aromatic carbocycles. The fourth-order valence-electron chi connectivity index (χ4n) is 3.82. The summed E-state index contributed by atoms with van der Waals surface area (Å²) in [5.41, 5.74) is 2.27. The lowest BCUT2D eigenvalue weighted by Crippen LogP contribution is -2.39. The first-order valence-electron chi connectivity index (χ1n) is 10.1. The van der Waals surface area contributed by atoms with Crippen LogP contribution in [-0.4, -0.2) is 30.6 Å². The van der Waals surface area contributed by atoms with Gasteiger partial charge in [0.15, 0.2) is 0 Å². The summed E-state index contributed by atoms with van der Waals surface area (Å²) in [5.74, 6) is 0. The van der Waals surface area contributed by atoms with Crippen molar-refractivity contribution in [1.82, 2.24) is 4.90 Å². The molecule has 3 aromatic rings. The van der Waals surface area contributed by atoms with Crippen LogP contribution in [0.4, 0.5) is 5.69 Å². The maximum absolute atomic E-state index is 11.9. The number of hydrogen-bond donors (Lipinski definition) is 1. The summed E-state index contributed by atoms with van der Waals surface area (Å²) in [4.78, 5) is 14.4. The van der Waals surface area contributed by atoms with E-state index in [-0.39, 0.29) is 5.63 Å². The lowest BCUT2D eigenvalue weighted by molar-refractivity contribution is 0.223. The summed E-state index contributed by atoms with van der Waals surface area (Å²) in [5, 5.41) is 5.03. The molecule has 1 saturated heterocycles. The predicted molar refractivity (Wildman–Crippen MR) is 121 cm³/mol. The smallest absolute Gasteiger partial charge is 0.338 e. The second-order valence-electron chi connectivity index (χ2n) is 7.48. The summed E-state index contributed by atoms with van der Waals surface area (Å²) in [6, 6.07) is 17.6. The average Bonchev–Trinajstić information content (AvgIpc) is 2.73. The molecule has 1 aliphatic rings. The maximum atomic E-state index is 11.9. The van der Waals surface area contributed by atoms with Crippen LogP contribution in [0.2, 0.25) is 5.02 Å². The highest BCUT2D eigenvalue weighted by Crippen LogP contribution is 2.27. The largest absolute Gasteiger partial charge is 0.423 e. The molecule has 1 aliphatic heterocycles. The first kappa shape index (κ1) is 19.7. The van der Waals surface area contributed by atoms with Gasteiger partial charge in [-0.15, -0.1) is 0 Å². The van der Waals surface area contributed by atoms with Crippen LogP contribution >= 0.6 is 11.6 Å². The third-order valence-electron chi connectivity index (χ3n) is 5.37. The number of hydrogen-bond acceptors (Lipinski definition) is 4. The van der Waals surface area contributed by atoms with E-state index in [1.165, 1.54) is 11.6 Å². The molecule has 1 aromatic heterocycles. The summed E-state index contributed by atoms with van der Waals surface area (Å²) in [7, 11) is 0. The van der Waals surface area contributed by atoms with Crippen LogP contribution in [-0.2, 0) is 0 Å². The van der Waals surface area contributed by atoms with Gasteiger partial charge in [-0.25, -0.2) is 4.79 Å². The first-order valence-corrected chi connectivity index (χ1v) is 10.5. The van der Waals surface area contributed by atoms with Crippen molar-refractivity contribution in [1.29, 1.82) is 0 Å². The highest BCUT2D eigenvalue weighted by Gasteiger charge is 2.19. The van der Waals surface area contributed by atoms with Crippen molar-refractivity contribution in [2.45, 2.75) is 25.3 Å². The van der Waals surface area contributed by atoms with Crippen molar-refractivity contribution in [2.75, 3.05) is 25.0 Å². The SMILES string of the molecule is O=c1cc(NC2CCN(CCC=Cc3ccccc3)CC2)c2cc(Cl)ccc2o1. The summed E-state index contributed by atoms with van der Waals surface area (Å²) in [6.07, 6.45) is 7.58. The second kappa shape index (κ2) is 9.29. The number of anilines is 1. The summed E-state index contributed by atoms with van der Waals surface area (Å²) in [6.45, 7) is 3.18. The topological polar surface area (TPSA) is 45.5 Å². The minimum absolute atomic E-state index is 0.343. The van der Waals surface area contributed by atoms with Gasteiger partial charge in [0.25, 0.3) is 0 Å². The van der Waals surface area contributed by atoms with Crippen molar-refractivity contribution in [3.05, 3.63) is 81.7 Å². The first-order chi connectivity index (χ1) is 14.2. The standard InChI is InChI=1S/C24H25ClN2O2/c25-19-9-10-23-21(16-19)22(17-24(28)29-23)26-20-11-14-27(15-12-20)13-5-4-8-18-6-2-1-3-7-18/h1-4,6-10,16-17,20,26H,5,11-15H2. The minimum atomic E-state index is -0.343. The average molecular weight is 409 g/mol. The Labute approximate surface area is 175 Å². The van der Waals surface area contributed by atoms with E-state index < -0.39 is 0 Å². The van der Waals surface area contributed by atoms with E-state index in [9.17, 15) is 4.79 Å². The third kappa shape index (κ3) is 5.28. The number of likely N-dealkylation sites (tertiary alicyclic amines) is 1. The Morgan fingerprint density at radius 2 is 1.90 bits per heavy atom. The molecule has 0 saturated carbocycles. The molecule has 0 spiro atoms. The van der Waals surface area contributed by atoms with Crippen molar-refractivity contribution in [3.8, 4) is 0 Å². The number of halogens is 1. The van der Waals surface area contributed by atoms with Gasteiger partial charge in [0.1, 0.15) is 5.58 Å². The molecule has 5 heteroatoms. The fraction of sp³-hybridized carbons (Fsp3) is 0.292. The molecular formula is C24H25ClN2O2. The van der Waals surface area contributed by atoms with E-state index in [0.29, 0.717) is 16.6 Å². The van der Waals surface area contributed by atoms with Gasteiger partial charge in [0.2, 0.25) is 0 Å². The molecule has 0 aliphatic carbocycles. The molecule has 0 bridgehead atoms. The lowest BCUT2D eigenvalue weighted by atomic mass is 10.0. The zero-order valence-corrected chi connectivity index (χ0v) is 17.1. The van der Waals surface area contributed by atoms with E-state index in [2.05, 4.69) is 46.6 Å². The highest BCUT2D eigenvalue weighted by molar-refractivity contribution is 6.31. The van der Waals surface area contributed by atoms with Crippen molar-refractivity contribution in [2.24, 2.45) is 0 Å². The molecule has 0 atom stereocenters. The van der Waals surface area contributed by atoms with Crippen LogP contribution in [0, 0.1) is 0 Å². The Kier molecular flexibility index (Phi) is 6.33. The molecule has 1 fully saturated rings. The Bertz CT molecular complexity index is 1040. The van der Waals surface area contributed by atoms with E-state index in [0.717, 1.165) is 50.0 Å². The molecule has 2 heterocycles. The van der Waals surface area contributed by atoms with E-state index >= 15 is 0 Å². The molecule has 4 nitrogen and oxygen atoms in total. The number of nitrogens with zero attached hydrogens (tertiary/aromatic N) is 1. The zero-order valence-electron chi connectivity index (χ0n) is 16.3. The normalized spacial score (nSPS) is 15.9. The number of nitrogens with one attached hydrogen (secondary N) is 1. The Morgan fingerprint density at radius 3 is 2.69 bits per heavy atom. The minimum Gasteiger partial charge on any atom is -0.423 e. The lowest BCUT2D eigenvalue weighted by Gasteiger charge is -2.32. The van der Waals surface area contributed by atoms with Crippen molar-refractivity contribution >= 4 is 34.3 Å². The summed E-state index contributed by atoms with van der Waals surface area (Å²) >= 11 is 6.13. The monoisotopic (exact) mass is 408 g/mol. The van der Waals surface area contributed by atoms with Gasteiger partial charge < -0.3 is 14.6 Å². The summed E-state index contributed by atoms with van der Waals surface area (Å²) < 4.78 is 5.28. The van der Waals surface area contributed by atoms with Crippen molar-refractivity contribution in [3.63, 3.8) is 0 Å². The molecule has 150 valence electrons. The van der Waals surface area contributed by atoms with E-state index in [1.807, 2.05) is 12.1 Å². The molecule has 1 N–H and O–H groups in total. The van der Waals surface area contributed by atoms with Gasteiger partial charge in [-0.05, 0) is 43.0 Å². The molecule has 0 radical (unpaired) electrons. The number of benzene rings is 2. The van der Waals surface area contributed by atoms with Crippen LogP contribution in [0.3, 0.4) is 0 Å².